The Labute approximate surface area is 118 Å². The van der Waals surface area contributed by atoms with Crippen LogP contribution in [0, 0.1) is 5.92 Å². The van der Waals surface area contributed by atoms with Crippen molar-refractivity contribution >= 4 is 5.65 Å². The average molecular weight is 287 g/mol. The third-order valence-corrected chi connectivity index (χ3v) is 3.81. The van der Waals surface area contributed by atoms with Crippen molar-refractivity contribution in [3.8, 4) is 11.3 Å². The lowest BCUT2D eigenvalue weighted by molar-refractivity contribution is 0.120. The molecule has 0 N–H and O–H groups in total. The lowest BCUT2D eigenvalue weighted by Gasteiger charge is -2.07. The standard InChI is InChI=1S/C14H11F2N5/c15-13(16)10-3-9(10)11-4-12(8-5-17-7-18-6-8)20-21-2-1-19-14(11)21/h1-2,4-7,9-10,13H,3H2/t9-,10-/m0/s1. The van der Waals surface area contributed by atoms with Crippen molar-refractivity contribution in [3.05, 3.63) is 42.7 Å². The molecule has 0 radical (unpaired) electrons. The van der Waals surface area contributed by atoms with E-state index in [1.807, 2.05) is 6.07 Å². The van der Waals surface area contributed by atoms with E-state index in [1.54, 1.807) is 29.3 Å². The van der Waals surface area contributed by atoms with Crippen molar-refractivity contribution in [2.24, 2.45) is 5.92 Å². The predicted octanol–water partition coefficient (Wildman–Crippen LogP) is 2.55. The molecule has 0 bridgehead atoms. The van der Waals surface area contributed by atoms with E-state index in [0.717, 1.165) is 11.1 Å². The van der Waals surface area contributed by atoms with Crippen LogP contribution in [0.5, 0.6) is 0 Å². The number of halogens is 2. The van der Waals surface area contributed by atoms with Crippen molar-refractivity contribution in [2.75, 3.05) is 0 Å². The highest BCUT2D eigenvalue weighted by Gasteiger charge is 2.46. The number of nitrogens with zero attached hydrogens (tertiary/aromatic N) is 5. The molecule has 3 heterocycles. The van der Waals surface area contributed by atoms with Crippen LogP contribution < -0.4 is 0 Å². The summed E-state index contributed by atoms with van der Waals surface area (Å²) in [5.41, 5.74) is 2.88. The van der Waals surface area contributed by atoms with Gasteiger partial charge in [0.25, 0.3) is 0 Å². The molecule has 3 aromatic heterocycles. The van der Waals surface area contributed by atoms with Crippen LogP contribution in [-0.2, 0) is 0 Å². The van der Waals surface area contributed by atoms with Gasteiger partial charge in [-0.05, 0) is 18.4 Å². The monoisotopic (exact) mass is 287 g/mol. The quantitative estimate of drug-likeness (QED) is 0.743. The first-order valence-electron chi connectivity index (χ1n) is 6.62. The minimum Gasteiger partial charge on any atom is -0.244 e. The van der Waals surface area contributed by atoms with Gasteiger partial charge in [0.1, 0.15) is 6.33 Å². The van der Waals surface area contributed by atoms with Crippen molar-refractivity contribution in [1.82, 2.24) is 24.6 Å². The normalized spacial score (nSPS) is 21.1. The zero-order chi connectivity index (χ0) is 14.4. The molecule has 21 heavy (non-hydrogen) atoms. The maximum absolute atomic E-state index is 12.8. The van der Waals surface area contributed by atoms with Crippen LogP contribution in [0.3, 0.4) is 0 Å². The van der Waals surface area contributed by atoms with Crippen molar-refractivity contribution < 1.29 is 8.78 Å². The fourth-order valence-electron chi connectivity index (χ4n) is 2.64. The van der Waals surface area contributed by atoms with Crippen molar-refractivity contribution in [1.29, 1.82) is 0 Å². The Balaban J connectivity index is 1.84. The van der Waals surface area contributed by atoms with Gasteiger partial charge in [0.05, 0.1) is 5.69 Å². The molecule has 1 fully saturated rings. The molecular formula is C14H11F2N5. The molecule has 2 atom stereocenters. The Morgan fingerprint density at radius 3 is 2.76 bits per heavy atom. The first-order chi connectivity index (χ1) is 10.2. The smallest absolute Gasteiger partial charge is 0.242 e. The Hall–Kier alpha value is -2.44. The van der Waals surface area contributed by atoms with Gasteiger partial charge in [0.15, 0.2) is 5.65 Å². The van der Waals surface area contributed by atoms with Gasteiger partial charge in [-0.15, -0.1) is 0 Å². The second-order valence-corrected chi connectivity index (χ2v) is 5.15. The summed E-state index contributed by atoms with van der Waals surface area (Å²) < 4.78 is 27.3. The summed E-state index contributed by atoms with van der Waals surface area (Å²) in [6, 6.07) is 1.83. The maximum atomic E-state index is 12.8. The number of rotatable bonds is 3. The lowest BCUT2D eigenvalue weighted by atomic mass is 10.1. The summed E-state index contributed by atoms with van der Waals surface area (Å²) in [6.07, 6.45) is 6.28. The Morgan fingerprint density at radius 2 is 2.05 bits per heavy atom. The minimum absolute atomic E-state index is 0.152. The number of hydrogen-bond acceptors (Lipinski definition) is 4. The number of alkyl halides is 2. The zero-order valence-electron chi connectivity index (χ0n) is 10.9. The molecule has 4 rings (SSSR count). The third-order valence-electron chi connectivity index (χ3n) is 3.81. The molecule has 0 aliphatic heterocycles. The summed E-state index contributed by atoms with van der Waals surface area (Å²) in [5, 5.41) is 4.43. The molecule has 0 unspecified atom stereocenters. The van der Waals surface area contributed by atoms with E-state index in [4.69, 9.17) is 0 Å². The highest BCUT2D eigenvalue weighted by Crippen LogP contribution is 2.52. The zero-order valence-corrected chi connectivity index (χ0v) is 10.9. The van der Waals surface area contributed by atoms with Gasteiger partial charge in [0, 0.05) is 41.8 Å². The molecule has 1 aliphatic carbocycles. The van der Waals surface area contributed by atoms with E-state index in [-0.39, 0.29) is 5.92 Å². The second kappa shape index (κ2) is 4.54. The largest absolute Gasteiger partial charge is 0.244 e. The SMILES string of the molecule is FC(F)[C@H]1C[C@@H]1c1cc(-c2cncnc2)nn2ccnc12. The molecular weight excluding hydrogens is 276 g/mol. The fraction of sp³-hybridized carbons (Fsp3) is 0.286. The third kappa shape index (κ3) is 2.05. The molecule has 106 valence electrons. The average Bonchev–Trinajstić information content (AvgIpc) is 3.17. The van der Waals surface area contributed by atoms with Gasteiger partial charge in [-0.25, -0.2) is 28.2 Å². The van der Waals surface area contributed by atoms with Crippen molar-refractivity contribution in [3.63, 3.8) is 0 Å². The van der Waals surface area contributed by atoms with E-state index in [2.05, 4.69) is 20.1 Å². The Kier molecular flexibility index (Phi) is 2.66. The van der Waals surface area contributed by atoms with E-state index in [0.29, 0.717) is 17.8 Å². The van der Waals surface area contributed by atoms with Gasteiger partial charge < -0.3 is 0 Å². The number of hydrogen-bond donors (Lipinski definition) is 0. The van der Waals surface area contributed by atoms with E-state index >= 15 is 0 Å². The van der Waals surface area contributed by atoms with Crippen LogP contribution in [0.15, 0.2) is 37.2 Å². The second-order valence-electron chi connectivity index (χ2n) is 5.15. The summed E-state index contributed by atoms with van der Waals surface area (Å²) in [4.78, 5) is 12.2. The van der Waals surface area contributed by atoms with E-state index < -0.39 is 12.3 Å². The van der Waals surface area contributed by atoms with Gasteiger partial charge in [-0.2, -0.15) is 5.10 Å². The number of aromatic nitrogens is 5. The topological polar surface area (TPSA) is 56.0 Å². The fourth-order valence-corrected chi connectivity index (χ4v) is 2.64. The lowest BCUT2D eigenvalue weighted by Crippen LogP contribution is -2.01. The van der Waals surface area contributed by atoms with E-state index in [1.165, 1.54) is 6.33 Å². The Bertz CT molecular complexity index is 786. The summed E-state index contributed by atoms with van der Waals surface area (Å²) in [5.74, 6) is -0.728. The molecule has 3 aromatic rings. The van der Waals surface area contributed by atoms with Crippen LogP contribution in [0.1, 0.15) is 17.9 Å². The molecule has 1 saturated carbocycles. The highest BCUT2D eigenvalue weighted by molar-refractivity contribution is 5.62. The van der Waals surface area contributed by atoms with Crippen LogP contribution in [0.4, 0.5) is 8.78 Å². The first kappa shape index (κ1) is 12.3. The predicted molar refractivity (Wildman–Crippen MR) is 70.9 cm³/mol. The molecule has 7 heteroatoms. The minimum atomic E-state index is -2.29. The van der Waals surface area contributed by atoms with Crippen LogP contribution in [0.25, 0.3) is 16.9 Å². The highest BCUT2D eigenvalue weighted by atomic mass is 19.3. The summed E-state index contributed by atoms with van der Waals surface area (Å²) in [6.45, 7) is 0. The summed E-state index contributed by atoms with van der Waals surface area (Å²) >= 11 is 0. The number of imidazole rings is 1. The summed E-state index contributed by atoms with van der Waals surface area (Å²) in [7, 11) is 0. The molecule has 0 spiro atoms. The van der Waals surface area contributed by atoms with Gasteiger partial charge in [0.2, 0.25) is 6.43 Å². The molecule has 0 amide bonds. The molecule has 1 aliphatic rings. The maximum Gasteiger partial charge on any atom is 0.242 e. The van der Waals surface area contributed by atoms with Crippen molar-refractivity contribution in [2.45, 2.75) is 18.8 Å². The van der Waals surface area contributed by atoms with E-state index in [9.17, 15) is 8.78 Å². The first-order valence-corrected chi connectivity index (χ1v) is 6.62. The van der Waals surface area contributed by atoms with Gasteiger partial charge >= 0.3 is 0 Å². The van der Waals surface area contributed by atoms with Crippen LogP contribution in [-0.4, -0.2) is 31.0 Å². The molecule has 0 aromatic carbocycles. The van der Waals surface area contributed by atoms with Crippen LogP contribution in [0.2, 0.25) is 0 Å². The van der Waals surface area contributed by atoms with Gasteiger partial charge in [-0.3, -0.25) is 0 Å². The number of fused-ring (bicyclic) bond motifs is 1. The molecule has 0 saturated heterocycles. The van der Waals surface area contributed by atoms with Crippen LogP contribution >= 0.6 is 0 Å². The Morgan fingerprint density at radius 1 is 1.24 bits per heavy atom. The van der Waals surface area contributed by atoms with Gasteiger partial charge in [-0.1, -0.05) is 0 Å². The molecule has 5 nitrogen and oxygen atoms in total.